The maximum atomic E-state index is 10.6. The fourth-order valence-electron chi connectivity index (χ4n) is 0.965. The molecule has 13 heavy (non-hydrogen) atoms. The molecule has 1 rings (SSSR count). The Morgan fingerprint density at radius 2 is 2.23 bits per heavy atom. The van der Waals surface area contributed by atoms with Gasteiger partial charge < -0.3 is 10.8 Å². The van der Waals surface area contributed by atoms with Crippen LogP contribution in [0.1, 0.15) is 24.2 Å². The van der Waals surface area contributed by atoms with Crippen LogP contribution in [-0.2, 0) is 4.79 Å². The van der Waals surface area contributed by atoms with Crippen LogP contribution in [0.4, 0.5) is 5.95 Å². The lowest BCUT2D eigenvalue weighted by atomic mass is 10.1. The summed E-state index contributed by atoms with van der Waals surface area (Å²) >= 11 is 0. The number of nitrogens with zero attached hydrogens (tertiary/aromatic N) is 2. The van der Waals surface area contributed by atoms with Crippen molar-refractivity contribution in [3.05, 3.63) is 17.5 Å². The van der Waals surface area contributed by atoms with Crippen molar-refractivity contribution in [2.24, 2.45) is 0 Å². The van der Waals surface area contributed by atoms with Crippen molar-refractivity contribution in [3.8, 4) is 0 Å². The minimum Gasteiger partial charge on any atom is -0.481 e. The SMILES string of the molecule is Cc1cc(C(C)C(=O)O)nc(N)n1. The van der Waals surface area contributed by atoms with Crippen LogP contribution in [0.3, 0.4) is 0 Å². The van der Waals surface area contributed by atoms with Crippen molar-refractivity contribution in [2.75, 3.05) is 5.73 Å². The fraction of sp³-hybridized carbons (Fsp3) is 0.375. The summed E-state index contributed by atoms with van der Waals surface area (Å²) in [5.74, 6) is -1.45. The molecule has 0 aliphatic heterocycles. The molecule has 0 saturated carbocycles. The van der Waals surface area contributed by atoms with Gasteiger partial charge in [0.25, 0.3) is 0 Å². The number of carbonyl (C=O) groups is 1. The van der Waals surface area contributed by atoms with Gasteiger partial charge in [0.2, 0.25) is 5.95 Å². The van der Waals surface area contributed by atoms with E-state index in [4.69, 9.17) is 10.8 Å². The quantitative estimate of drug-likeness (QED) is 0.695. The van der Waals surface area contributed by atoms with Gasteiger partial charge in [-0.25, -0.2) is 9.97 Å². The van der Waals surface area contributed by atoms with Crippen molar-refractivity contribution >= 4 is 11.9 Å². The highest BCUT2D eigenvalue weighted by atomic mass is 16.4. The van der Waals surface area contributed by atoms with E-state index in [1.807, 2.05) is 0 Å². The molecule has 0 spiro atoms. The summed E-state index contributed by atoms with van der Waals surface area (Å²) in [4.78, 5) is 18.3. The predicted octanol–water partition coefficient (Wildman–Crippen LogP) is 0.555. The molecule has 0 fully saturated rings. The summed E-state index contributed by atoms with van der Waals surface area (Å²) < 4.78 is 0. The van der Waals surface area contributed by atoms with Gasteiger partial charge in [-0.15, -0.1) is 0 Å². The second kappa shape index (κ2) is 3.38. The monoisotopic (exact) mass is 181 g/mol. The van der Waals surface area contributed by atoms with Crippen LogP contribution in [0.5, 0.6) is 0 Å². The summed E-state index contributed by atoms with van der Waals surface area (Å²) in [6, 6.07) is 1.62. The number of nitrogens with two attached hydrogens (primary N) is 1. The predicted molar refractivity (Wildman–Crippen MR) is 47.2 cm³/mol. The van der Waals surface area contributed by atoms with Gasteiger partial charge in [-0.05, 0) is 19.9 Å². The van der Waals surface area contributed by atoms with Gasteiger partial charge in [0.05, 0.1) is 11.6 Å². The van der Waals surface area contributed by atoms with E-state index in [-0.39, 0.29) is 5.95 Å². The van der Waals surface area contributed by atoms with Gasteiger partial charge in [0.15, 0.2) is 0 Å². The third kappa shape index (κ3) is 2.14. The van der Waals surface area contributed by atoms with Gasteiger partial charge in [-0.1, -0.05) is 0 Å². The van der Waals surface area contributed by atoms with Crippen molar-refractivity contribution in [3.63, 3.8) is 0 Å². The largest absolute Gasteiger partial charge is 0.481 e. The average Bonchev–Trinajstić information content (AvgIpc) is 2.01. The Labute approximate surface area is 75.6 Å². The molecule has 1 heterocycles. The summed E-state index contributed by atoms with van der Waals surface area (Å²) in [6.07, 6.45) is 0. The Balaban J connectivity index is 3.07. The van der Waals surface area contributed by atoms with Crippen molar-refractivity contribution in [1.82, 2.24) is 9.97 Å². The standard InChI is InChI=1S/C8H11N3O2/c1-4-3-6(5(2)7(12)13)11-8(9)10-4/h3,5H,1-2H3,(H,12,13)(H2,9,10,11). The molecule has 0 aliphatic rings. The molecule has 1 unspecified atom stereocenters. The zero-order valence-electron chi connectivity index (χ0n) is 7.48. The molecule has 1 aromatic heterocycles. The van der Waals surface area contributed by atoms with Crippen LogP contribution in [0.2, 0.25) is 0 Å². The van der Waals surface area contributed by atoms with Crippen LogP contribution in [0.25, 0.3) is 0 Å². The van der Waals surface area contributed by atoms with Crippen molar-refractivity contribution < 1.29 is 9.90 Å². The number of aliphatic carboxylic acids is 1. The third-order valence-electron chi connectivity index (χ3n) is 1.71. The lowest BCUT2D eigenvalue weighted by Crippen LogP contribution is -2.11. The first-order chi connectivity index (χ1) is 6.00. The first kappa shape index (κ1) is 9.44. The molecule has 5 heteroatoms. The molecule has 5 nitrogen and oxygen atoms in total. The van der Waals surface area contributed by atoms with Crippen molar-refractivity contribution in [2.45, 2.75) is 19.8 Å². The highest BCUT2D eigenvalue weighted by molar-refractivity contribution is 5.74. The lowest BCUT2D eigenvalue weighted by Gasteiger charge is -2.06. The molecule has 70 valence electrons. The van der Waals surface area contributed by atoms with Gasteiger partial charge in [0.1, 0.15) is 0 Å². The summed E-state index contributed by atoms with van der Waals surface area (Å²) in [5, 5.41) is 8.72. The van der Waals surface area contributed by atoms with E-state index in [9.17, 15) is 4.79 Å². The number of carboxylic acid groups (broad SMARTS) is 1. The van der Waals surface area contributed by atoms with Crippen LogP contribution in [0.15, 0.2) is 6.07 Å². The Bertz CT molecular complexity index is 318. The van der Waals surface area contributed by atoms with E-state index < -0.39 is 11.9 Å². The Hall–Kier alpha value is -1.65. The summed E-state index contributed by atoms with van der Waals surface area (Å²) in [6.45, 7) is 3.31. The Morgan fingerprint density at radius 1 is 1.62 bits per heavy atom. The molecule has 0 aliphatic carbocycles. The molecule has 0 bridgehead atoms. The normalized spacial score (nSPS) is 12.5. The molecule has 1 atom stereocenters. The zero-order chi connectivity index (χ0) is 10.0. The van der Waals surface area contributed by atoms with Crippen LogP contribution in [0, 0.1) is 6.92 Å². The number of aryl methyl sites for hydroxylation is 1. The first-order valence-corrected chi connectivity index (χ1v) is 3.84. The summed E-state index contributed by atoms with van der Waals surface area (Å²) in [7, 11) is 0. The molecule has 1 aromatic rings. The maximum Gasteiger partial charge on any atom is 0.312 e. The lowest BCUT2D eigenvalue weighted by molar-refractivity contribution is -0.138. The highest BCUT2D eigenvalue weighted by Gasteiger charge is 2.15. The highest BCUT2D eigenvalue weighted by Crippen LogP contribution is 2.14. The topological polar surface area (TPSA) is 89.1 Å². The van der Waals surface area contributed by atoms with E-state index in [0.29, 0.717) is 11.4 Å². The van der Waals surface area contributed by atoms with Crippen LogP contribution < -0.4 is 5.73 Å². The van der Waals surface area contributed by atoms with Gasteiger partial charge in [0, 0.05) is 5.69 Å². The van der Waals surface area contributed by atoms with Gasteiger partial charge >= 0.3 is 5.97 Å². The molecular weight excluding hydrogens is 170 g/mol. The van der Waals surface area contributed by atoms with Gasteiger partial charge in [-0.3, -0.25) is 4.79 Å². The van der Waals surface area contributed by atoms with Gasteiger partial charge in [-0.2, -0.15) is 0 Å². The molecule has 0 radical (unpaired) electrons. The van der Waals surface area contributed by atoms with E-state index in [1.165, 1.54) is 0 Å². The molecule has 0 saturated heterocycles. The van der Waals surface area contributed by atoms with Crippen LogP contribution in [-0.4, -0.2) is 21.0 Å². The number of hydrogen-bond donors (Lipinski definition) is 2. The number of rotatable bonds is 2. The Kier molecular flexibility index (Phi) is 2.46. The third-order valence-corrected chi connectivity index (χ3v) is 1.71. The second-order valence-electron chi connectivity index (χ2n) is 2.85. The van der Waals surface area contributed by atoms with E-state index in [1.54, 1.807) is 19.9 Å². The molecular formula is C8H11N3O2. The molecule has 3 N–H and O–H groups in total. The van der Waals surface area contributed by atoms with E-state index in [0.717, 1.165) is 0 Å². The maximum absolute atomic E-state index is 10.6. The summed E-state index contributed by atoms with van der Waals surface area (Å²) in [5.41, 5.74) is 6.50. The molecule has 0 aromatic carbocycles. The van der Waals surface area contributed by atoms with Crippen molar-refractivity contribution in [1.29, 1.82) is 0 Å². The zero-order valence-corrected chi connectivity index (χ0v) is 7.48. The fourth-order valence-corrected chi connectivity index (χ4v) is 0.965. The number of nitrogen functional groups attached to an aromatic ring is 1. The minimum atomic E-state index is -0.919. The van der Waals surface area contributed by atoms with E-state index in [2.05, 4.69) is 9.97 Å². The Morgan fingerprint density at radius 3 is 2.69 bits per heavy atom. The average molecular weight is 181 g/mol. The first-order valence-electron chi connectivity index (χ1n) is 3.84. The number of carboxylic acids is 1. The smallest absolute Gasteiger partial charge is 0.312 e. The number of aromatic nitrogens is 2. The second-order valence-corrected chi connectivity index (χ2v) is 2.85. The number of hydrogen-bond acceptors (Lipinski definition) is 4. The van der Waals surface area contributed by atoms with E-state index >= 15 is 0 Å². The van der Waals surface area contributed by atoms with Crippen LogP contribution >= 0.6 is 0 Å². The molecule has 0 amide bonds. The number of anilines is 1. The minimum absolute atomic E-state index is 0.114.